The van der Waals surface area contributed by atoms with Crippen LogP contribution in [0.1, 0.15) is 29.3 Å². The van der Waals surface area contributed by atoms with Gasteiger partial charge < -0.3 is 4.90 Å². The first-order chi connectivity index (χ1) is 8.81. The number of benzene rings is 1. The maximum absolute atomic E-state index is 12.3. The van der Waals surface area contributed by atoms with Crippen molar-refractivity contribution in [3.8, 4) is 0 Å². The highest BCUT2D eigenvalue weighted by Gasteiger charge is 2.15. The number of nitrogens with zero attached hydrogens (tertiary/aromatic N) is 1. The van der Waals surface area contributed by atoms with Crippen molar-refractivity contribution in [1.29, 1.82) is 0 Å². The van der Waals surface area contributed by atoms with Gasteiger partial charge in [0.15, 0.2) is 0 Å². The highest BCUT2D eigenvalue weighted by atomic mass is 32.1. The van der Waals surface area contributed by atoms with E-state index >= 15 is 0 Å². The van der Waals surface area contributed by atoms with Crippen LogP contribution in [0.5, 0.6) is 0 Å². The summed E-state index contributed by atoms with van der Waals surface area (Å²) in [7, 11) is 0. The summed E-state index contributed by atoms with van der Waals surface area (Å²) in [6, 6.07) is 12.0. The Bertz CT molecular complexity index is 478. The molecule has 0 bridgehead atoms. The summed E-state index contributed by atoms with van der Waals surface area (Å²) in [4.78, 5) is 14.2. The Kier molecular flexibility index (Phi) is 4.53. The van der Waals surface area contributed by atoms with Gasteiger partial charge in [-0.05, 0) is 23.4 Å². The number of hydrogen-bond acceptors (Lipinski definition) is 2. The lowest BCUT2D eigenvalue weighted by atomic mass is 10.2. The minimum Gasteiger partial charge on any atom is -0.334 e. The van der Waals surface area contributed by atoms with Crippen molar-refractivity contribution < 1.29 is 4.79 Å². The molecule has 1 amide bonds. The average molecular weight is 259 g/mol. The second-order valence-corrected chi connectivity index (χ2v) is 5.00. The van der Waals surface area contributed by atoms with E-state index in [0.717, 1.165) is 18.5 Å². The molecule has 2 nitrogen and oxygen atoms in total. The van der Waals surface area contributed by atoms with Crippen LogP contribution < -0.4 is 0 Å². The molecule has 18 heavy (non-hydrogen) atoms. The number of thiophene rings is 1. The molecule has 1 aromatic heterocycles. The Morgan fingerprint density at radius 3 is 2.61 bits per heavy atom. The van der Waals surface area contributed by atoms with E-state index in [1.165, 1.54) is 5.56 Å². The van der Waals surface area contributed by atoms with Crippen LogP contribution in [-0.4, -0.2) is 17.4 Å². The highest BCUT2D eigenvalue weighted by molar-refractivity contribution is 7.08. The number of amides is 1. The van der Waals surface area contributed by atoms with E-state index in [9.17, 15) is 4.79 Å². The first kappa shape index (κ1) is 12.8. The topological polar surface area (TPSA) is 20.3 Å². The van der Waals surface area contributed by atoms with Crippen molar-refractivity contribution in [3.63, 3.8) is 0 Å². The molecule has 2 rings (SSSR count). The minimum atomic E-state index is 0.127. The van der Waals surface area contributed by atoms with Gasteiger partial charge in [-0.3, -0.25) is 4.79 Å². The summed E-state index contributed by atoms with van der Waals surface area (Å²) in [5.41, 5.74) is 1.97. The van der Waals surface area contributed by atoms with E-state index in [4.69, 9.17) is 0 Å². The number of hydrogen-bond donors (Lipinski definition) is 0. The summed E-state index contributed by atoms with van der Waals surface area (Å²) >= 11 is 1.56. The maximum Gasteiger partial charge on any atom is 0.254 e. The zero-order valence-electron chi connectivity index (χ0n) is 10.5. The molecule has 0 saturated heterocycles. The van der Waals surface area contributed by atoms with Gasteiger partial charge in [-0.15, -0.1) is 0 Å². The van der Waals surface area contributed by atoms with Crippen LogP contribution in [0.25, 0.3) is 0 Å². The summed E-state index contributed by atoms with van der Waals surface area (Å²) in [6.07, 6.45) is 0.975. The largest absolute Gasteiger partial charge is 0.334 e. The Hall–Kier alpha value is -1.61. The second-order valence-electron chi connectivity index (χ2n) is 4.22. The fourth-order valence-electron chi connectivity index (χ4n) is 1.89. The zero-order chi connectivity index (χ0) is 12.8. The third kappa shape index (κ3) is 3.20. The SMILES string of the molecule is CCCN(Cc1ccccc1)C(=O)c1ccsc1. The Balaban J connectivity index is 2.11. The van der Waals surface area contributed by atoms with Gasteiger partial charge in [0.1, 0.15) is 0 Å². The van der Waals surface area contributed by atoms with Gasteiger partial charge in [-0.1, -0.05) is 37.3 Å². The monoisotopic (exact) mass is 259 g/mol. The number of carbonyl (C=O) groups is 1. The minimum absolute atomic E-state index is 0.127. The molecule has 0 radical (unpaired) electrons. The lowest BCUT2D eigenvalue weighted by molar-refractivity contribution is 0.0744. The highest BCUT2D eigenvalue weighted by Crippen LogP contribution is 2.13. The molecule has 1 aromatic carbocycles. The third-order valence-electron chi connectivity index (χ3n) is 2.77. The van der Waals surface area contributed by atoms with Crippen molar-refractivity contribution in [1.82, 2.24) is 4.90 Å². The Labute approximate surface area is 112 Å². The Morgan fingerprint density at radius 2 is 2.00 bits per heavy atom. The molecule has 2 aromatic rings. The molecular formula is C15H17NOS. The molecule has 0 saturated carbocycles. The van der Waals surface area contributed by atoms with Crippen molar-refractivity contribution in [2.45, 2.75) is 19.9 Å². The van der Waals surface area contributed by atoms with E-state index in [1.807, 2.05) is 39.9 Å². The quantitative estimate of drug-likeness (QED) is 0.799. The lowest BCUT2D eigenvalue weighted by Gasteiger charge is -2.21. The van der Waals surface area contributed by atoms with Crippen molar-refractivity contribution in [2.24, 2.45) is 0 Å². The molecule has 1 heterocycles. The lowest BCUT2D eigenvalue weighted by Crippen LogP contribution is -2.30. The van der Waals surface area contributed by atoms with Gasteiger partial charge >= 0.3 is 0 Å². The molecule has 0 aliphatic carbocycles. The fourth-order valence-corrected chi connectivity index (χ4v) is 2.52. The van der Waals surface area contributed by atoms with Crippen molar-refractivity contribution in [3.05, 3.63) is 58.3 Å². The third-order valence-corrected chi connectivity index (χ3v) is 3.45. The molecule has 0 fully saturated rings. The van der Waals surface area contributed by atoms with E-state index in [0.29, 0.717) is 6.54 Å². The average Bonchev–Trinajstić information content (AvgIpc) is 2.92. The van der Waals surface area contributed by atoms with Crippen molar-refractivity contribution in [2.75, 3.05) is 6.54 Å². The molecule has 0 aliphatic heterocycles. The van der Waals surface area contributed by atoms with E-state index in [1.54, 1.807) is 11.3 Å². The van der Waals surface area contributed by atoms with Crippen LogP contribution in [0, 0.1) is 0 Å². The van der Waals surface area contributed by atoms with Crippen molar-refractivity contribution >= 4 is 17.2 Å². The number of rotatable bonds is 5. The summed E-state index contributed by atoms with van der Waals surface area (Å²) in [6.45, 7) is 3.58. The summed E-state index contributed by atoms with van der Waals surface area (Å²) in [5.74, 6) is 0.127. The van der Waals surface area contributed by atoms with Crippen LogP contribution in [0.15, 0.2) is 47.2 Å². The molecule has 0 aliphatic rings. The predicted octanol–water partition coefficient (Wildman–Crippen LogP) is 3.80. The molecular weight excluding hydrogens is 242 g/mol. The normalized spacial score (nSPS) is 10.3. The molecule has 0 N–H and O–H groups in total. The van der Waals surface area contributed by atoms with Crippen LogP contribution in [0.2, 0.25) is 0 Å². The first-order valence-corrected chi connectivity index (χ1v) is 7.11. The summed E-state index contributed by atoms with van der Waals surface area (Å²) in [5, 5.41) is 3.86. The zero-order valence-corrected chi connectivity index (χ0v) is 11.3. The van der Waals surface area contributed by atoms with E-state index in [2.05, 4.69) is 19.1 Å². The van der Waals surface area contributed by atoms with Crippen LogP contribution in [0.3, 0.4) is 0 Å². The van der Waals surface area contributed by atoms with Gasteiger partial charge in [0.25, 0.3) is 5.91 Å². The number of carbonyl (C=O) groups excluding carboxylic acids is 1. The smallest absolute Gasteiger partial charge is 0.254 e. The van der Waals surface area contributed by atoms with Gasteiger partial charge in [0.05, 0.1) is 5.56 Å². The van der Waals surface area contributed by atoms with E-state index < -0.39 is 0 Å². The van der Waals surface area contributed by atoms with Gasteiger partial charge in [-0.2, -0.15) is 11.3 Å². The maximum atomic E-state index is 12.3. The fraction of sp³-hybridized carbons (Fsp3) is 0.267. The van der Waals surface area contributed by atoms with Crippen LogP contribution in [0.4, 0.5) is 0 Å². The standard InChI is InChI=1S/C15H17NOS/c1-2-9-16(11-13-6-4-3-5-7-13)15(17)14-8-10-18-12-14/h3-8,10,12H,2,9,11H2,1H3. The molecule has 94 valence electrons. The van der Waals surface area contributed by atoms with Gasteiger partial charge in [-0.25, -0.2) is 0 Å². The molecule has 0 spiro atoms. The van der Waals surface area contributed by atoms with Gasteiger partial charge in [0, 0.05) is 18.5 Å². The first-order valence-electron chi connectivity index (χ1n) is 6.16. The van der Waals surface area contributed by atoms with Gasteiger partial charge in [0.2, 0.25) is 0 Å². The molecule has 0 atom stereocenters. The predicted molar refractivity (Wildman–Crippen MR) is 75.8 cm³/mol. The molecule has 0 unspecified atom stereocenters. The van der Waals surface area contributed by atoms with Crippen LogP contribution in [-0.2, 0) is 6.54 Å². The second kappa shape index (κ2) is 6.36. The van der Waals surface area contributed by atoms with Crippen LogP contribution >= 0.6 is 11.3 Å². The molecule has 3 heteroatoms. The van der Waals surface area contributed by atoms with E-state index in [-0.39, 0.29) is 5.91 Å². The summed E-state index contributed by atoms with van der Waals surface area (Å²) < 4.78 is 0. The Morgan fingerprint density at radius 1 is 1.22 bits per heavy atom.